The number of aryl methyl sites for hydroxylation is 1. The monoisotopic (exact) mass is 647 g/mol. The van der Waals surface area contributed by atoms with Gasteiger partial charge in [0.05, 0.1) is 17.7 Å². The van der Waals surface area contributed by atoms with E-state index in [-0.39, 0.29) is 29.5 Å². The van der Waals surface area contributed by atoms with Crippen molar-refractivity contribution in [1.29, 1.82) is 0 Å². The maximum absolute atomic E-state index is 14.5. The quantitative estimate of drug-likeness (QED) is 0.181. The summed E-state index contributed by atoms with van der Waals surface area (Å²) in [5, 5.41) is 3.27. The van der Waals surface area contributed by atoms with Crippen LogP contribution >= 0.6 is 11.6 Å². The van der Waals surface area contributed by atoms with Crippen LogP contribution < -0.4 is 14.4 Å². The molecular formula is C35H38ClN3O5S. The van der Waals surface area contributed by atoms with Gasteiger partial charge in [-0.1, -0.05) is 79.2 Å². The zero-order valence-corrected chi connectivity index (χ0v) is 27.2. The van der Waals surface area contributed by atoms with Crippen molar-refractivity contribution in [1.82, 2.24) is 10.2 Å². The zero-order valence-electron chi connectivity index (χ0n) is 25.6. The summed E-state index contributed by atoms with van der Waals surface area (Å²) in [6, 6.07) is 28.5. The number of amides is 2. The van der Waals surface area contributed by atoms with E-state index in [1.165, 1.54) is 30.2 Å². The van der Waals surface area contributed by atoms with Crippen LogP contribution in [0, 0.1) is 6.92 Å². The number of hydrogen-bond acceptors (Lipinski definition) is 5. The predicted octanol–water partition coefficient (Wildman–Crippen LogP) is 6.02. The van der Waals surface area contributed by atoms with Crippen LogP contribution in [0.25, 0.3) is 0 Å². The lowest BCUT2D eigenvalue weighted by Gasteiger charge is -2.34. The van der Waals surface area contributed by atoms with Gasteiger partial charge in [-0.15, -0.1) is 0 Å². The predicted molar refractivity (Wildman–Crippen MR) is 178 cm³/mol. The molecule has 4 aromatic rings. The topological polar surface area (TPSA) is 96.0 Å². The second-order valence-corrected chi connectivity index (χ2v) is 12.9. The minimum atomic E-state index is -4.25. The van der Waals surface area contributed by atoms with Crippen LogP contribution in [0.5, 0.6) is 5.75 Å². The van der Waals surface area contributed by atoms with E-state index in [4.69, 9.17) is 16.3 Å². The average Bonchev–Trinajstić information content (AvgIpc) is 3.05. The fourth-order valence-corrected chi connectivity index (χ4v) is 6.52. The van der Waals surface area contributed by atoms with Crippen LogP contribution in [-0.4, -0.2) is 51.4 Å². The van der Waals surface area contributed by atoms with Gasteiger partial charge in [-0.25, -0.2) is 8.42 Å². The number of methoxy groups -OCH3 is 1. The Labute approximate surface area is 270 Å². The SMILES string of the molecule is CCCNC(=O)C(Cc1ccccc1)N(Cc1ccccc1C)C(=O)CN(c1cccc(Cl)c1)S(=O)(=O)c1ccc(OC)cc1. The van der Waals surface area contributed by atoms with Gasteiger partial charge >= 0.3 is 0 Å². The zero-order chi connectivity index (χ0) is 32.4. The Kier molecular flexibility index (Phi) is 11.6. The van der Waals surface area contributed by atoms with E-state index in [9.17, 15) is 18.0 Å². The van der Waals surface area contributed by atoms with E-state index in [0.717, 1.165) is 27.4 Å². The summed E-state index contributed by atoms with van der Waals surface area (Å²) in [5.41, 5.74) is 2.88. The molecule has 0 aliphatic rings. The van der Waals surface area contributed by atoms with Crippen LogP contribution in [0.1, 0.15) is 30.0 Å². The summed E-state index contributed by atoms with van der Waals surface area (Å²) < 4.78 is 34.5. The number of hydrogen-bond donors (Lipinski definition) is 1. The van der Waals surface area contributed by atoms with E-state index in [0.29, 0.717) is 17.3 Å². The number of rotatable bonds is 14. The lowest BCUT2D eigenvalue weighted by atomic mass is 10.0. The highest BCUT2D eigenvalue weighted by atomic mass is 35.5. The molecule has 236 valence electrons. The van der Waals surface area contributed by atoms with Crippen molar-refractivity contribution in [2.45, 2.75) is 44.2 Å². The van der Waals surface area contributed by atoms with E-state index in [1.54, 1.807) is 30.3 Å². The number of nitrogens with one attached hydrogen (secondary N) is 1. The molecule has 0 fully saturated rings. The van der Waals surface area contributed by atoms with Gasteiger partial charge in [-0.2, -0.15) is 0 Å². The molecule has 0 heterocycles. The van der Waals surface area contributed by atoms with Gasteiger partial charge in [-0.3, -0.25) is 13.9 Å². The van der Waals surface area contributed by atoms with Gasteiger partial charge < -0.3 is 15.0 Å². The van der Waals surface area contributed by atoms with E-state index >= 15 is 0 Å². The van der Waals surface area contributed by atoms with E-state index in [1.807, 2.05) is 68.4 Å². The molecule has 45 heavy (non-hydrogen) atoms. The molecule has 0 spiro atoms. The molecule has 10 heteroatoms. The van der Waals surface area contributed by atoms with Gasteiger partial charge in [0.25, 0.3) is 10.0 Å². The first-order chi connectivity index (χ1) is 21.6. The number of halogens is 1. The van der Waals surface area contributed by atoms with Gasteiger partial charge in [0, 0.05) is 24.5 Å². The molecule has 0 saturated carbocycles. The number of benzene rings is 4. The molecular weight excluding hydrogens is 610 g/mol. The van der Waals surface area contributed by atoms with Crippen LogP contribution in [0.4, 0.5) is 5.69 Å². The third kappa shape index (κ3) is 8.65. The van der Waals surface area contributed by atoms with Gasteiger partial charge in [0.15, 0.2) is 0 Å². The molecule has 8 nitrogen and oxygen atoms in total. The lowest BCUT2D eigenvalue weighted by molar-refractivity contribution is -0.140. The Bertz CT molecular complexity index is 1700. The van der Waals surface area contributed by atoms with Crippen molar-refractivity contribution in [3.05, 3.63) is 125 Å². The number of carbonyl (C=O) groups is 2. The maximum atomic E-state index is 14.5. The Morgan fingerprint density at radius 2 is 1.60 bits per heavy atom. The first-order valence-electron chi connectivity index (χ1n) is 14.7. The summed E-state index contributed by atoms with van der Waals surface area (Å²) >= 11 is 6.29. The van der Waals surface area contributed by atoms with Crippen molar-refractivity contribution in [3.8, 4) is 5.75 Å². The normalized spacial score (nSPS) is 11.8. The molecule has 0 bridgehead atoms. The molecule has 0 aliphatic heterocycles. The van der Waals surface area contributed by atoms with Crippen molar-refractivity contribution in [2.75, 3.05) is 24.5 Å². The molecule has 0 aromatic heterocycles. The third-order valence-corrected chi connectivity index (χ3v) is 9.47. The second-order valence-electron chi connectivity index (χ2n) is 10.6. The molecule has 0 radical (unpaired) electrons. The molecule has 0 saturated heterocycles. The minimum Gasteiger partial charge on any atom is -0.497 e. The number of anilines is 1. The van der Waals surface area contributed by atoms with Crippen LogP contribution in [-0.2, 0) is 32.6 Å². The third-order valence-electron chi connectivity index (χ3n) is 7.44. The summed E-state index contributed by atoms with van der Waals surface area (Å²) in [4.78, 5) is 29.7. The Morgan fingerprint density at radius 3 is 2.24 bits per heavy atom. The van der Waals surface area contributed by atoms with Crippen molar-refractivity contribution in [3.63, 3.8) is 0 Å². The molecule has 1 unspecified atom stereocenters. The lowest BCUT2D eigenvalue weighted by Crippen LogP contribution is -2.53. The van der Waals surface area contributed by atoms with E-state index < -0.39 is 28.5 Å². The summed E-state index contributed by atoms with van der Waals surface area (Å²) in [6.07, 6.45) is 0.967. The maximum Gasteiger partial charge on any atom is 0.264 e. The van der Waals surface area contributed by atoms with E-state index in [2.05, 4.69) is 5.32 Å². The molecule has 4 rings (SSSR count). The number of carbonyl (C=O) groups excluding carboxylic acids is 2. The summed E-state index contributed by atoms with van der Waals surface area (Å²) in [7, 11) is -2.76. The Hall–Kier alpha value is -4.34. The highest BCUT2D eigenvalue weighted by Crippen LogP contribution is 2.28. The average molecular weight is 648 g/mol. The van der Waals surface area contributed by atoms with Crippen molar-refractivity contribution >= 4 is 39.1 Å². The van der Waals surface area contributed by atoms with Crippen molar-refractivity contribution in [2.24, 2.45) is 0 Å². The Balaban J connectivity index is 1.80. The molecule has 1 atom stereocenters. The molecule has 1 N–H and O–H groups in total. The highest BCUT2D eigenvalue weighted by molar-refractivity contribution is 7.92. The largest absolute Gasteiger partial charge is 0.497 e. The minimum absolute atomic E-state index is 0.0250. The first kappa shape index (κ1) is 33.6. The van der Waals surface area contributed by atoms with Gasteiger partial charge in [-0.05, 0) is 72.5 Å². The first-order valence-corrected chi connectivity index (χ1v) is 16.5. The number of sulfonamides is 1. The van der Waals surface area contributed by atoms with Crippen molar-refractivity contribution < 1.29 is 22.7 Å². The molecule has 4 aromatic carbocycles. The fourth-order valence-electron chi connectivity index (χ4n) is 4.93. The second kappa shape index (κ2) is 15.6. The molecule has 0 aliphatic carbocycles. The number of nitrogens with zero attached hydrogens (tertiary/aromatic N) is 2. The number of ether oxygens (including phenoxy) is 1. The highest BCUT2D eigenvalue weighted by Gasteiger charge is 2.34. The Morgan fingerprint density at radius 1 is 0.911 bits per heavy atom. The van der Waals surface area contributed by atoms with Gasteiger partial charge in [0.2, 0.25) is 11.8 Å². The van der Waals surface area contributed by atoms with Gasteiger partial charge in [0.1, 0.15) is 18.3 Å². The summed E-state index contributed by atoms with van der Waals surface area (Å²) in [6.45, 7) is 3.88. The molecule has 2 amide bonds. The fraction of sp³-hybridized carbons (Fsp3) is 0.257. The summed E-state index contributed by atoms with van der Waals surface area (Å²) in [5.74, 6) is -0.358. The standard InChI is InChI=1S/C35H38ClN3O5S/c1-4-21-37-35(41)33(22-27-12-6-5-7-13-27)38(24-28-14-9-8-11-26(28)2)34(40)25-39(30-16-10-15-29(36)23-30)45(42,43)32-19-17-31(44-3)18-20-32/h5-20,23,33H,4,21-22,24-25H2,1-3H3,(H,37,41). The van der Waals surface area contributed by atoms with Crippen LogP contribution in [0.2, 0.25) is 5.02 Å². The smallest absolute Gasteiger partial charge is 0.264 e. The van der Waals surface area contributed by atoms with Crippen LogP contribution in [0.3, 0.4) is 0 Å². The van der Waals surface area contributed by atoms with Crippen LogP contribution in [0.15, 0.2) is 108 Å².